The third kappa shape index (κ3) is 6.53. The molecule has 0 bridgehead atoms. The van der Waals surface area contributed by atoms with Gasteiger partial charge in [0.25, 0.3) is 0 Å². The van der Waals surface area contributed by atoms with Gasteiger partial charge in [-0.3, -0.25) is 0 Å². The van der Waals surface area contributed by atoms with E-state index in [1.807, 2.05) is 97.1 Å². The van der Waals surface area contributed by atoms with Crippen molar-refractivity contribution >= 4 is 43.6 Å². The van der Waals surface area contributed by atoms with Gasteiger partial charge in [-0.2, -0.15) is 5.26 Å². The highest BCUT2D eigenvalue weighted by atomic mass is 19.1. The minimum Gasteiger partial charge on any atom is -0.309 e. The molecule has 0 saturated heterocycles. The molecule has 3 heterocycles. The summed E-state index contributed by atoms with van der Waals surface area (Å²) in [5.74, 6) is -1.39. The highest BCUT2D eigenvalue weighted by Gasteiger charge is 2.23. The Morgan fingerprint density at radius 3 is 1.48 bits per heavy atom. The maximum Gasteiger partial charge on any atom is 0.126 e. The van der Waals surface area contributed by atoms with Crippen molar-refractivity contribution in [2.75, 3.05) is 0 Å². The second-order valence-corrected chi connectivity index (χ2v) is 16.5. The van der Waals surface area contributed by atoms with E-state index in [4.69, 9.17) is 4.98 Å². The van der Waals surface area contributed by atoms with Crippen molar-refractivity contribution in [3.05, 3.63) is 236 Å². The van der Waals surface area contributed by atoms with Gasteiger partial charge in [0.15, 0.2) is 0 Å². The molecule has 0 aliphatic heterocycles. The van der Waals surface area contributed by atoms with Gasteiger partial charge >= 0.3 is 0 Å². The number of hydrogen-bond donors (Lipinski definition) is 0. The van der Waals surface area contributed by atoms with E-state index in [9.17, 15) is 5.26 Å². The number of nitrogens with zero attached hydrogens (tertiary/aromatic N) is 4. The fraction of sp³-hybridized carbons (Fsp3) is 0. The summed E-state index contributed by atoms with van der Waals surface area (Å²) in [5.41, 5.74) is 14.2. The van der Waals surface area contributed by atoms with Crippen LogP contribution >= 0.6 is 0 Å². The van der Waals surface area contributed by atoms with Gasteiger partial charge in [-0.05, 0) is 107 Å². The van der Waals surface area contributed by atoms with E-state index in [1.165, 1.54) is 12.1 Å². The summed E-state index contributed by atoms with van der Waals surface area (Å²) in [6, 6.07) is 73.9. The predicted octanol–water partition coefficient (Wildman–Crippen LogP) is 15.8. The van der Waals surface area contributed by atoms with Crippen molar-refractivity contribution in [2.24, 2.45) is 0 Å². The van der Waals surface area contributed by atoms with Crippen LogP contribution in [0.15, 0.2) is 218 Å². The average Bonchev–Trinajstić information content (AvgIpc) is 3.88. The fourth-order valence-electron chi connectivity index (χ4n) is 9.65. The highest BCUT2D eigenvalue weighted by Crippen LogP contribution is 2.43. The Labute approximate surface area is 379 Å². The zero-order valence-corrected chi connectivity index (χ0v) is 35.3. The normalized spacial score (nSPS) is 11.5. The van der Waals surface area contributed by atoms with Crippen LogP contribution in [-0.4, -0.2) is 14.1 Å². The highest BCUT2D eigenvalue weighted by molar-refractivity contribution is 6.12. The Morgan fingerprint density at radius 1 is 0.348 bits per heavy atom. The minimum absolute atomic E-state index is 0.348. The van der Waals surface area contributed by atoms with Crippen LogP contribution in [0, 0.1) is 23.0 Å². The zero-order chi connectivity index (χ0) is 44.3. The van der Waals surface area contributed by atoms with Gasteiger partial charge in [-0.25, -0.2) is 13.8 Å². The summed E-state index contributed by atoms with van der Waals surface area (Å²) in [5, 5.41) is 15.1. The SMILES string of the molecule is N#Cc1cc(-n2c3ccccc3c3cc(-c4cccc(-c5ccccc5)c4)ccc32)c(-c2cc(F)cc(F)c2)cc1-n1c2ccccc2c2cc(-c3cccc(-c4ccccc4)n3)ccc21. The molecule has 0 unspecified atom stereocenters. The van der Waals surface area contributed by atoms with Crippen LogP contribution in [0.25, 0.3) is 111 Å². The molecule has 0 atom stereocenters. The largest absolute Gasteiger partial charge is 0.309 e. The molecular formula is C60H36F2N4. The summed E-state index contributed by atoms with van der Waals surface area (Å²) in [6.45, 7) is 0. The predicted molar refractivity (Wildman–Crippen MR) is 265 cm³/mol. The molecule has 0 radical (unpaired) electrons. The molecule has 0 fully saturated rings. The number of rotatable bonds is 7. The van der Waals surface area contributed by atoms with Crippen LogP contribution in [0.4, 0.5) is 8.78 Å². The summed E-state index contributed by atoms with van der Waals surface area (Å²) in [6.07, 6.45) is 0. The van der Waals surface area contributed by atoms with Gasteiger partial charge in [0.1, 0.15) is 17.7 Å². The fourth-order valence-corrected chi connectivity index (χ4v) is 9.65. The standard InChI is InChI=1S/C60H36F2N4/c61-46-30-44(31-47(62)35-46)50-36-59(65-55-23-9-7-20-49(55)52-33-43(26-28-57(52)65)54-22-12-21-53(64-54)39-15-5-2-6-16-39)45(37-63)34-60(50)66-56-24-10-8-19-48(56)51-32-42(25-27-58(51)66)41-18-11-17-40(29-41)38-13-3-1-4-14-38/h1-36H. The first kappa shape index (κ1) is 38.7. The molecule has 9 aromatic carbocycles. The number of pyridine rings is 1. The van der Waals surface area contributed by atoms with E-state index >= 15 is 8.78 Å². The number of nitriles is 1. The lowest BCUT2D eigenvalue weighted by Gasteiger charge is -2.19. The maximum atomic E-state index is 15.4. The first-order chi connectivity index (χ1) is 32.5. The summed E-state index contributed by atoms with van der Waals surface area (Å²) in [7, 11) is 0. The van der Waals surface area contributed by atoms with Gasteiger partial charge in [0.05, 0.1) is 50.4 Å². The molecule has 66 heavy (non-hydrogen) atoms. The van der Waals surface area contributed by atoms with E-state index in [2.05, 4.69) is 118 Å². The topological polar surface area (TPSA) is 46.5 Å². The molecule has 0 aliphatic carbocycles. The van der Waals surface area contributed by atoms with E-state index in [0.717, 1.165) is 94.4 Å². The Bertz CT molecular complexity index is 3900. The molecular weight excluding hydrogens is 815 g/mol. The summed E-state index contributed by atoms with van der Waals surface area (Å²) < 4.78 is 34.9. The van der Waals surface area contributed by atoms with Crippen LogP contribution in [0.1, 0.15) is 5.56 Å². The molecule has 3 aromatic heterocycles. The second-order valence-electron chi connectivity index (χ2n) is 16.5. The van der Waals surface area contributed by atoms with Gasteiger partial charge in [-0.15, -0.1) is 0 Å². The lowest BCUT2D eigenvalue weighted by molar-refractivity contribution is 0.584. The Kier molecular flexibility index (Phi) is 9.22. The van der Waals surface area contributed by atoms with E-state index < -0.39 is 11.6 Å². The molecule has 0 saturated carbocycles. The van der Waals surface area contributed by atoms with Crippen molar-refractivity contribution < 1.29 is 8.78 Å². The van der Waals surface area contributed by atoms with Crippen molar-refractivity contribution in [1.29, 1.82) is 5.26 Å². The number of hydrogen-bond acceptors (Lipinski definition) is 2. The molecule has 0 spiro atoms. The second kappa shape index (κ2) is 15.7. The molecule has 6 heteroatoms. The lowest BCUT2D eigenvalue weighted by atomic mass is 9.98. The number of fused-ring (bicyclic) bond motifs is 6. The molecule has 4 nitrogen and oxygen atoms in total. The smallest absolute Gasteiger partial charge is 0.126 e. The quantitative estimate of drug-likeness (QED) is 0.160. The molecule has 12 aromatic rings. The van der Waals surface area contributed by atoms with Gasteiger partial charge in [0, 0.05) is 44.3 Å². The van der Waals surface area contributed by atoms with Crippen LogP contribution < -0.4 is 0 Å². The monoisotopic (exact) mass is 850 g/mol. The van der Waals surface area contributed by atoms with Crippen LogP contribution in [-0.2, 0) is 0 Å². The molecule has 0 aliphatic rings. The summed E-state index contributed by atoms with van der Waals surface area (Å²) >= 11 is 0. The number of benzene rings is 9. The number of halogens is 2. The first-order valence-electron chi connectivity index (χ1n) is 21.8. The van der Waals surface area contributed by atoms with Crippen LogP contribution in [0.3, 0.4) is 0 Å². The Hall–Kier alpha value is -8.92. The van der Waals surface area contributed by atoms with Crippen LogP contribution in [0.5, 0.6) is 0 Å². The zero-order valence-electron chi connectivity index (χ0n) is 35.3. The van der Waals surface area contributed by atoms with Gasteiger partial charge < -0.3 is 9.13 Å². The van der Waals surface area contributed by atoms with Crippen molar-refractivity contribution in [3.8, 4) is 73.3 Å². The molecule has 310 valence electrons. The van der Waals surface area contributed by atoms with Crippen molar-refractivity contribution in [3.63, 3.8) is 0 Å². The Morgan fingerprint density at radius 2 is 0.833 bits per heavy atom. The Balaban J connectivity index is 1.07. The van der Waals surface area contributed by atoms with E-state index in [1.54, 1.807) is 0 Å². The van der Waals surface area contributed by atoms with Gasteiger partial charge in [-0.1, -0.05) is 133 Å². The lowest BCUT2D eigenvalue weighted by Crippen LogP contribution is -2.04. The van der Waals surface area contributed by atoms with Crippen molar-refractivity contribution in [1.82, 2.24) is 14.1 Å². The van der Waals surface area contributed by atoms with E-state index in [-0.39, 0.29) is 0 Å². The van der Waals surface area contributed by atoms with Crippen molar-refractivity contribution in [2.45, 2.75) is 0 Å². The molecule has 0 amide bonds. The first-order valence-corrected chi connectivity index (χ1v) is 21.8. The maximum absolute atomic E-state index is 15.4. The minimum atomic E-state index is -0.694. The van der Waals surface area contributed by atoms with Gasteiger partial charge in [0.2, 0.25) is 0 Å². The average molecular weight is 851 g/mol. The third-order valence-corrected chi connectivity index (χ3v) is 12.7. The number of aromatic nitrogens is 3. The van der Waals surface area contributed by atoms with Crippen LogP contribution in [0.2, 0.25) is 0 Å². The summed E-state index contributed by atoms with van der Waals surface area (Å²) in [4.78, 5) is 5.05. The van der Waals surface area contributed by atoms with E-state index in [0.29, 0.717) is 28.1 Å². The number of para-hydroxylation sites is 2. The molecule has 12 rings (SSSR count). The molecule has 0 N–H and O–H groups in total. The third-order valence-electron chi connectivity index (χ3n) is 12.7.